The standard InChI is InChI=1S/C13H15F2N3.ClH/c1-10-13(9-18(17-10)7-6-14)16-8-11-2-4-12(15)5-3-11;/h2-5,9,16H,6-8H2,1H3;1H. The first-order valence-corrected chi connectivity index (χ1v) is 5.77. The molecule has 0 saturated heterocycles. The van der Waals surface area contributed by atoms with Crippen molar-refractivity contribution in [1.29, 1.82) is 0 Å². The Morgan fingerprint density at radius 3 is 2.58 bits per heavy atom. The van der Waals surface area contributed by atoms with Crippen LogP contribution in [0.1, 0.15) is 11.3 Å². The highest BCUT2D eigenvalue weighted by Gasteiger charge is 2.04. The number of nitrogens with one attached hydrogen (secondary N) is 1. The summed E-state index contributed by atoms with van der Waals surface area (Å²) in [6.07, 6.45) is 1.78. The van der Waals surface area contributed by atoms with Gasteiger partial charge < -0.3 is 5.32 Å². The number of hydrogen-bond acceptors (Lipinski definition) is 2. The zero-order chi connectivity index (χ0) is 13.0. The number of benzene rings is 1. The molecule has 104 valence electrons. The molecule has 0 fully saturated rings. The van der Waals surface area contributed by atoms with Gasteiger partial charge in [0.05, 0.1) is 17.9 Å². The summed E-state index contributed by atoms with van der Waals surface area (Å²) < 4.78 is 26.5. The van der Waals surface area contributed by atoms with E-state index in [0.717, 1.165) is 16.9 Å². The van der Waals surface area contributed by atoms with Gasteiger partial charge in [0.25, 0.3) is 0 Å². The van der Waals surface area contributed by atoms with Crippen molar-refractivity contribution in [2.45, 2.75) is 20.0 Å². The van der Waals surface area contributed by atoms with Crippen LogP contribution < -0.4 is 5.32 Å². The maximum atomic E-state index is 12.7. The lowest BCUT2D eigenvalue weighted by Crippen LogP contribution is -2.00. The van der Waals surface area contributed by atoms with Gasteiger partial charge in [0.15, 0.2) is 0 Å². The van der Waals surface area contributed by atoms with Crippen LogP contribution in [0.4, 0.5) is 14.5 Å². The normalized spacial score (nSPS) is 10.1. The van der Waals surface area contributed by atoms with E-state index in [0.29, 0.717) is 6.54 Å². The fourth-order valence-electron chi connectivity index (χ4n) is 1.69. The number of anilines is 1. The first kappa shape index (κ1) is 15.4. The van der Waals surface area contributed by atoms with E-state index in [1.807, 2.05) is 6.92 Å². The highest BCUT2D eigenvalue weighted by Crippen LogP contribution is 2.14. The summed E-state index contributed by atoms with van der Waals surface area (Å²) in [4.78, 5) is 0. The van der Waals surface area contributed by atoms with E-state index in [-0.39, 0.29) is 24.8 Å². The molecule has 0 atom stereocenters. The lowest BCUT2D eigenvalue weighted by molar-refractivity contribution is 0.426. The maximum absolute atomic E-state index is 12.7. The number of halogens is 3. The summed E-state index contributed by atoms with van der Waals surface area (Å²) in [6, 6.07) is 6.31. The van der Waals surface area contributed by atoms with E-state index in [2.05, 4.69) is 10.4 Å². The van der Waals surface area contributed by atoms with Crippen LogP contribution in [0.25, 0.3) is 0 Å². The van der Waals surface area contributed by atoms with Crippen molar-refractivity contribution < 1.29 is 8.78 Å². The third-order valence-electron chi connectivity index (χ3n) is 2.66. The summed E-state index contributed by atoms with van der Waals surface area (Å²) in [5.41, 5.74) is 2.67. The van der Waals surface area contributed by atoms with E-state index in [1.54, 1.807) is 23.0 Å². The molecule has 1 aromatic carbocycles. The molecule has 6 heteroatoms. The topological polar surface area (TPSA) is 29.9 Å². The van der Waals surface area contributed by atoms with Crippen molar-refractivity contribution in [3.05, 3.63) is 47.5 Å². The molecule has 0 saturated carbocycles. The van der Waals surface area contributed by atoms with Crippen molar-refractivity contribution in [1.82, 2.24) is 9.78 Å². The molecule has 0 aliphatic carbocycles. The van der Waals surface area contributed by atoms with Gasteiger partial charge >= 0.3 is 0 Å². The maximum Gasteiger partial charge on any atom is 0.123 e. The molecule has 2 aromatic rings. The monoisotopic (exact) mass is 287 g/mol. The van der Waals surface area contributed by atoms with E-state index in [4.69, 9.17) is 0 Å². The number of aromatic nitrogens is 2. The van der Waals surface area contributed by atoms with Gasteiger partial charge in [-0.25, -0.2) is 8.78 Å². The fourth-order valence-corrected chi connectivity index (χ4v) is 1.69. The summed E-state index contributed by atoms with van der Waals surface area (Å²) in [7, 11) is 0. The highest BCUT2D eigenvalue weighted by atomic mass is 35.5. The minimum Gasteiger partial charge on any atom is -0.378 e. The van der Waals surface area contributed by atoms with Crippen molar-refractivity contribution >= 4 is 18.1 Å². The molecule has 0 aliphatic rings. The molecule has 0 bridgehead atoms. The van der Waals surface area contributed by atoms with E-state index in [9.17, 15) is 8.78 Å². The van der Waals surface area contributed by atoms with Crippen molar-refractivity contribution in [2.75, 3.05) is 12.0 Å². The Kier molecular flexibility index (Phi) is 5.76. The van der Waals surface area contributed by atoms with Crippen LogP contribution in [-0.4, -0.2) is 16.5 Å². The first-order chi connectivity index (χ1) is 8.69. The van der Waals surface area contributed by atoms with E-state index < -0.39 is 6.67 Å². The Morgan fingerprint density at radius 2 is 1.95 bits per heavy atom. The molecule has 0 spiro atoms. The Morgan fingerprint density at radius 1 is 1.26 bits per heavy atom. The van der Waals surface area contributed by atoms with Crippen LogP contribution in [0, 0.1) is 12.7 Å². The van der Waals surface area contributed by atoms with Gasteiger partial charge in [0.1, 0.15) is 12.5 Å². The van der Waals surface area contributed by atoms with Crippen LogP contribution in [0.2, 0.25) is 0 Å². The van der Waals surface area contributed by atoms with E-state index >= 15 is 0 Å². The molecule has 0 unspecified atom stereocenters. The molecule has 1 heterocycles. The number of rotatable bonds is 5. The number of alkyl halides is 1. The number of nitrogens with zero attached hydrogens (tertiary/aromatic N) is 2. The second-order valence-corrected chi connectivity index (χ2v) is 4.06. The van der Waals surface area contributed by atoms with Crippen LogP contribution in [0.15, 0.2) is 30.5 Å². The lowest BCUT2D eigenvalue weighted by Gasteiger charge is -2.04. The first-order valence-electron chi connectivity index (χ1n) is 5.77. The Balaban J connectivity index is 0.00000180. The predicted molar refractivity (Wildman–Crippen MR) is 73.9 cm³/mol. The third-order valence-corrected chi connectivity index (χ3v) is 2.66. The Labute approximate surface area is 117 Å². The largest absolute Gasteiger partial charge is 0.378 e. The van der Waals surface area contributed by atoms with Gasteiger partial charge in [-0.3, -0.25) is 4.68 Å². The third kappa shape index (κ3) is 4.21. The van der Waals surface area contributed by atoms with E-state index in [1.165, 1.54) is 12.1 Å². The molecule has 0 radical (unpaired) electrons. The molecular weight excluding hydrogens is 272 g/mol. The lowest BCUT2D eigenvalue weighted by atomic mass is 10.2. The number of hydrogen-bond donors (Lipinski definition) is 1. The smallest absolute Gasteiger partial charge is 0.123 e. The van der Waals surface area contributed by atoms with Crippen LogP contribution in [-0.2, 0) is 13.1 Å². The summed E-state index contributed by atoms with van der Waals surface area (Å²) >= 11 is 0. The summed E-state index contributed by atoms with van der Waals surface area (Å²) in [5, 5.41) is 7.38. The average Bonchev–Trinajstić information content (AvgIpc) is 2.70. The van der Waals surface area contributed by atoms with Gasteiger partial charge in [-0.1, -0.05) is 12.1 Å². The van der Waals surface area contributed by atoms with Gasteiger partial charge in [-0.2, -0.15) is 5.10 Å². The van der Waals surface area contributed by atoms with Gasteiger partial charge in [-0.05, 0) is 24.6 Å². The second-order valence-electron chi connectivity index (χ2n) is 4.06. The van der Waals surface area contributed by atoms with Crippen molar-refractivity contribution in [3.8, 4) is 0 Å². The predicted octanol–water partition coefficient (Wildman–Crippen LogP) is 3.33. The molecule has 0 aliphatic heterocycles. The average molecular weight is 288 g/mol. The summed E-state index contributed by atoms with van der Waals surface area (Å²) in [6.45, 7) is 2.28. The van der Waals surface area contributed by atoms with Gasteiger partial charge in [-0.15, -0.1) is 12.4 Å². The van der Waals surface area contributed by atoms with Gasteiger partial charge in [0.2, 0.25) is 0 Å². The quantitative estimate of drug-likeness (QED) is 0.914. The minimum atomic E-state index is -0.432. The SMILES string of the molecule is Cc1nn(CCF)cc1NCc1ccc(F)cc1.Cl. The fraction of sp³-hybridized carbons (Fsp3) is 0.308. The van der Waals surface area contributed by atoms with Crippen LogP contribution in [0.5, 0.6) is 0 Å². The molecule has 19 heavy (non-hydrogen) atoms. The molecule has 3 nitrogen and oxygen atoms in total. The molecular formula is C13H16ClF2N3. The molecule has 2 rings (SSSR count). The highest BCUT2D eigenvalue weighted by molar-refractivity contribution is 5.85. The summed E-state index contributed by atoms with van der Waals surface area (Å²) in [5.74, 6) is -0.245. The minimum absolute atomic E-state index is 0. The van der Waals surface area contributed by atoms with Gasteiger partial charge in [0, 0.05) is 12.7 Å². The van der Waals surface area contributed by atoms with Crippen LogP contribution >= 0.6 is 12.4 Å². The Bertz CT molecular complexity index is 511. The second kappa shape index (κ2) is 7.09. The zero-order valence-electron chi connectivity index (χ0n) is 10.6. The molecule has 0 amide bonds. The van der Waals surface area contributed by atoms with Crippen molar-refractivity contribution in [3.63, 3.8) is 0 Å². The number of aryl methyl sites for hydroxylation is 2. The van der Waals surface area contributed by atoms with Crippen molar-refractivity contribution in [2.24, 2.45) is 0 Å². The molecule has 1 aromatic heterocycles. The zero-order valence-corrected chi connectivity index (χ0v) is 11.4. The van der Waals surface area contributed by atoms with Crippen LogP contribution in [0.3, 0.4) is 0 Å². The Hall–Kier alpha value is -1.62. The molecule has 1 N–H and O–H groups in total.